The van der Waals surface area contributed by atoms with E-state index in [1.54, 1.807) is 18.2 Å². The Kier molecular flexibility index (Phi) is 4.98. The topological polar surface area (TPSA) is 102 Å². The van der Waals surface area contributed by atoms with Crippen LogP contribution in [-0.4, -0.2) is 14.9 Å². The fourth-order valence-corrected chi connectivity index (χ4v) is 4.59. The molecule has 4 aromatic carbocycles. The quantitative estimate of drug-likeness (QED) is 0.314. The summed E-state index contributed by atoms with van der Waals surface area (Å²) in [4.78, 5) is 25.9. The third kappa shape index (κ3) is 3.75. The number of hydrogen-bond donors (Lipinski definition) is 2. The van der Waals surface area contributed by atoms with Crippen molar-refractivity contribution in [3.63, 3.8) is 0 Å². The van der Waals surface area contributed by atoms with E-state index >= 15 is 0 Å². The molecule has 0 amide bonds. The lowest BCUT2D eigenvalue weighted by Gasteiger charge is -2.13. The lowest BCUT2D eigenvalue weighted by molar-refractivity contribution is 0.294. The zero-order valence-corrected chi connectivity index (χ0v) is 17.5. The molecule has 2 N–H and O–H groups in total. The first kappa shape index (κ1) is 20.0. The zero-order chi connectivity index (χ0) is 22.1. The van der Waals surface area contributed by atoms with Crippen molar-refractivity contribution in [1.82, 2.24) is 9.97 Å². The summed E-state index contributed by atoms with van der Waals surface area (Å²) in [5.41, 5.74) is 1.25. The fraction of sp³-hybridized carbons (Fsp3) is 0. The van der Waals surface area contributed by atoms with E-state index in [-0.39, 0.29) is 5.69 Å². The normalized spacial score (nSPS) is 13.5. The van der Waals surface area contributed by atoms with Gasteiger partial charge in [0, 0.05) is 23.5 Å². The van der Waals surface area contributed by atoms with Crippen molar-refractivity contribution in [1.29, 1.82) is 0 Å². The van der Waals surface area contributed by atoms with E-state index < -0.39 is 7.82 Å². The van der Waals surface area contributed by atoms with Crippen molar-refractivity contribution >= 4 is 29.4 Å². The summed E-state index contributed by atoms with van der Waals surface area (Å²) in [5.74, 6) is 0.694. The van der Waals surface area contributed by atoms with E-state index in [1.807, 2.05) is 60.7 Å². The Morgan fingerprint density at radius 2 is 1.28 bits per heavy atom. The van der Waals surface area contributed by atoms with Gasteiger partial charge in [-0.2, -0.15) is 0 Å². The number of benzene rings is 4. The van der Waals surface area contributed by atoms with E-state index in [2.05, 4.69) is 9.97 Å². The molecule has 6 rings (SSSR count). The number of aromatic nitrogens is 2. The molecular weight excluding hydrogens is 427 g/mol. The zero-order valence-electron chi connectivity index (χ0n) is 16.6. The summed E-state index contributed by atoms with van der Waals surface area (Å²) in [7, 11) is -4.25. The minimum atomic E-state index is -4.25. The molecule has 0 saturated heterocycles. The number of H-pyrrole nitrogens is 1. The number of phosphoric acid groups is 1. The maximum atomic E-state index is 12.4. The summed E-state index contributed by atoms with van der Waals surface area (Å²) < 4.78 is 23.1. The van der Waals surface area contributed by atoms with Gasteiger partial charge in [0.2, 0.25) is 0 Å². The molecule has 0 unspecified atom stereocenters. The first-order valence-electron chi connectivity index (χ1n) is 9.77. The van der Waals surface area contributed by atoms with Crippen LogP contribution in [0, 0.1) is 0 Å². The molecule has 8 heteroatoms. The number of nitrogens with zero attached hydrogens (tertiary/aromatic N) is 1. The highest BCUT2D eigenvalue weighted by Crippen LogP contribution is 2.56. The van der Waals surface area contributed by atoms with Gasteiger partial charge in [0.25, 0.3) is 0 Å². The van der Waals surface area contributed by atoms with Crippen LogP contribution in [0.1, 0.15) is 0 Å². The molecule has 0 saturated carbocycles. The van der Waals surface area contributed by atoms with E-state index in [1.165, 1.54) is 12.4 Å². The molecule has 1 aliphatic rings. The number of nitrogens with one attached hydrogen (secondary N) is 1. The number of hydrogen-bond acceptors (Lipinski definition) is 5. The first-order chi connectivity index (χ1) is 15.5. The SMILES string of the molecule is O=P1(O)Oc2ccc3ccccc3c2-c2c(ccc3ccccc23)O1.O=c1nccc[nH]1. The smallest absolute Gasteiger partial charge is 0.395 e. The average Bonchev–Trinajstić information content (AvgIpc) is 2.92. The van der Waals surface area contributed by atoms with Crippen molar-refractivity contribution in [2.24, 2.45) is 0 Å². The Morgan fingerprint density at radius 1 is 0.750 bits per heavy atom. The van der Waals surface area contributed by atoms with Crippen molar-refractivity contribution in [3.05, 3.63) is 102 Å². The molecule has 0 aliphatic carbocycles. The molecular formula is C24H17N2O5P. The highest BCUT2D eigenvalue weighted by atomic mass is 31.2. The predicted octanol–water partition coefficient (Wildman–Crippen LogP) is 5.30. The van der Waals surface area contributed by atoms with E-state index in [4.69, 9.17) is 9.05 Å². The predicted molar refractivity (Wildman–Crippen MR) is 123 cm³/mol. The Morgan fingerprint density at radius 3 is 1.72 bits per heavy atom. The van der Waals surface area contributed by atoms with Gasteiger partial charge in [0.05, 0.1) is 0 Å². The Hall–Kier alpha value is -3.93. The van der Waals surface area contributed by atoms with Gasteiger partial charge in [-0.15, -0.1) is 0 Å². The second kappa shape index (κ2) is 7.96. The van der Waals surface area contributed by atoms with Gasteiger partial charge in [0.15, 0.2) is 0 Å². The van der Waals surface area contributed by atoms with Crippen LogP contribution in [0.25, 0.3) is 32.7 Å². The maximum Gasteiger partial charge on any atom is 0.584 e. The molecule has 1 aromatic heterocycles. The summed E-state index contributed by atoms with van der Waals surface area (Å²) in [6.07, 6.45) is 2.98. The number of fused-ring (bicyclic) bond motifs is 7. The fourth-order valence-electron chi connectivity index (χ4n) is 3.75. The van der Waals surface area contributed by atoms with Gasteiger partial charge in [-0.3, -0.25) is 4.89 Å². The molecule has 158 valence electrons. The van der Waals surface area contributed by atoms with Gasteiger partial charge in [-0.05, 0) is 39.7 Å². The summed E-state index contributed by atoms with van der Waals surface area (Å²) >= 11 is 0. The minimum Gasteiger partial charge on any atom is -0.395 e. The second-order valence-electron chi connectivity index (χ2n) is 7.06. The van der Waals surface area contributed by atoms with Crippen LogP contribution in [-0.2, 0) is 4.57 Å². The van der Waals surface area contributed by atoms with Crippen molar-refractivity contribution in [2.45, 2.75) is 0 Å². The van der Waals surface area contributed by atoms with Crippen LogP contribution in [0.15, 0.2) is 96.1 Å². The van der Waals surface area contributed by atoms with E-state index in [0.717, 1.165) is 32.7 Å². The molecule has 0 bridgehead atoms. The molecule has 5 aromatic rings. The highest BCUT2D eigenvalue weighted by Gasteiger charge is 2.33. The molecule has 0 atom stereocenters. The van der Waals surface area contributed by atoms with Gasteiger partial charge < -0.3 is 14.0 Å². The summed E-state index contributed by atoms with van der Waals surface area (Å²) in [5, 5.41) is 3.95. The lowest BCUT2D eigenvalue weighted by atomic mass is 9.92. The summed E-state index contributed by atoms with van der Waals surface area (Å²) in [6, 6.07) is 24.6. The lowest BCUT2D eigenvalue weighted by Crippen LogP contribution is -2.05. The van der Waals surface area contributed by atoms with Crippen LogP contribution in [0.4, 0.5) is 0 Å². The molecule has 0 spiro atoms. The maximum absolute atomic E-state index is 12.4. The number of aromatic amines is 1. The third-order valence-corrected chi connectivity index (χ3v) is 5.89. The van der Waals surface area contributed by atoms with Crippen LogP contribution >= 0.6 is 7.82 Å². The van der Waals surface area contributed by atoms with Crippen molar-refractivity contribution in [3.8, 4) is 22.6 Å². The van der Waals surface area contributed by atoms with Gasteiger partial charge >= 0.3 is 13.5 Å². The van der Waals surface area contributed by atoms with Crippen molar-refractivity contribution in [2.75, 3.05) is 0 Å². The van der Waals surface area contributed by atoms with Gasteiger partial charge in [-0.1, -0.05) is 60.7 Å². The molecule has 32 heavy (non-hydrogen) atoms. The van der Waals surface area contributed by atoms with Gasteiger partial charge in [-0.25, -0.2) is 14.3 Å². The van der Waals surface area contributed by atoms with Crippen LogP contribution in [0.5, 0.6) is 11.5 Å². The van der Waals surface area contributed by atoms with Crippen molar-refractivity contribution < 1.29 is 18.5 Å². The van der Waals surface area contributed by atoms with Gasteiger partial charge in [0.1, 0.15) is 11.5 Å². The number of phosphoric ester groups is 1. The molecule has 7 nitrogen and oxygen atoms in total. The second-order valence-corrected chi connectivity index (χ2v) is 8.36. The van der Waals surface area contributed by atoms with E-state index in [0.29, 0.717) is 11.5 Å². The largest absolute Gasteiger partial charge is 0.584 e. The summed E-state index contributed by atoms with van der Waals surface area (Å²) in [6.45, 7) is 0. The standard InChI is InChI=1S/C20H13O4P.C4H4N2O/c21-25(22)23-17-11-9-13-5-1-3-7-15(13)19(17)20-16-8-4-2-6-14(16)10-12-18(20)24-25;7-4-5-2-1-3-6-4/h1-12H,(H,21,22);1-3H,(H,5,6,7). The molecule has 1 aliphatic heterocycles. The Bertz CT molecular complexity index is 1450. The first-order valence-corrected chi connectivity index (χ1v) is 11.3. The molecule has 2 heterocycles. The third-order valence-electron chi connectivity index (χ3n) is 5.04. The van der Waals surface area contributed by atoms with Crippen LogP contribution in [0.3, 0.4) is 0 Å². The Balaban J connectivity index is 0.000000265. The molecule has 0 radical (unpaired) electrons. The number of rotatable bonds is 0. The molecule has 0 fully saturated rings. The monoisotopic (exact) mass is 444 g/mol. The van der Waals surface area contributed by atoms with Crippen LogP contribution in [0.2, 0.25) is 0 Å². The highest BCUT2D eigenvalue weighted by molar-refractivity contribution is 7.48. The Labute approximate surface area is 182 Å². The van der Waals surface area contributed by atoms with E-state index in [9.17, 15) is 14.3 Å². The van der Waals surface area contributed by atoms with Crippen LogP contribution < -0.4 is 14.7 Å². The minimum absolute atomic E-state index is 0.303. The average molecular weight is 444 g/mol.